The lowest BCUT2D eigenvalue weighted by Gasteiger charge is -2.12. The second-order valence-corrected chi connectivity index (χ2v) is 3.85. The number of hydrogen-bond donors (Lipinski definition) is 4. The Bertz CT molecular complexity index is 427. The van der Waals surface area contributed by atoms with Gasteiger partial charge in [-0.15, -0.1) is 0 Å². The minimum Gasteiger partial charge on any atom is -0.395 e. The van der Waals surface area contributed by atoms with Crippen LogP contribution >= 0.6 is 0 Å². The summed E-state index contributed by atoms with van der Waals surface area (Å²) < 4.78 is 0. The number of rotatable bonds is 7. The fourth-order valence-electron chi connectivity index (χ4n) is 1.51. The molecular weight excluding hydrogens is 230 g/mol. The molecule has 0 spiro atoms. The molecule has 0 saturated carbocycles. The topological polar surface area (TPSA) is 87.6 Å². The fourth-order valence-corrected chi connectivity index (χ4v) is 1.51. The number of anilines is 2. The summed E-state index contributed by atoms with van der Waals surface area (Å²) in [6.45, 7) is 10.8. The highest BCUT2D eigenvalue weighted by Gasteiger charge is 2.09. The van der Waals surface area contributed by atoms with E-state index in [1.54, 1.807) is 0 Å². The van der Waals surface area contributed by atoms with Crippen LogP contribution in [0, 0.1) is 13.5 Å². The first kappa shape index (κ1) is 14.2. The van der Waals surface area contributed by atoms with Gasteiger partial charge in [-0.25, -0.2) is 9.83 Å². The van der Waals surface area contributed by atoms with E-state index >= 15 is 0 Å². The van der Waals surface area contributed by atoms with E-state index in [9.17, 15) is 0 Å². The van der Waals surface area contributed by atoms with Gasteiger partial charge in [0.15, 0.2) is 0 Å². The minimum atomic E-state index is 0.00297. The Morgan fingerprint density at radius 3 is 2.83 bits per heavy atom. The molecule has 0 fully saturated rings. The summed E-state index contributed by atoms with van der Waals surface area (Å²) in [5, 5.41) is 14.9. The number of nitrogens with two attached hydrogens (primary N) is 1. The number of pyridine rings is 1. The summed E-state index contributed by atoms with van der Waals surface area (Å²) in [5.74, 6) is 1.23. The largest absolute Gasteiger partial charge is 0.395 e. The Morgan fingerprint density at radius 1 is 1.44 bits per heavy atom. The predicted molar refractivity (Wildman–Crippen MR) is 73.0 cm³/mol. The maximum absolute atomic E-state index is 8.81. The van der Waals surface area contributed by atoms with Gasteiger partial charge in [0, 0.05) is 13.1 Å². The van der Waals surface area contributed by atoms with Crippen molar-refractivity contribution in [3.63, 3.8) is 0 Å². The Kier molecular flexibility index (Phi) is 5.91. The average molecular weight is 249 g/mol. The standard InChI is InChI=1S/C12H19N5O/c1-9-8-10(15-5-3-4-13)17-12(11(9)14-2)16-6-7-18/h8,18H,3-7,13H2,1H3,(H2,15,16,17). The van der Waals surface area contributed by atoms with Gasteiger partial charge < -0.3 is 21.5 Å². The molecule has 1 rings (SSSR count). The normalized spacial score (nSPS) is 9.89. The maximum Gasteiger partial charge on any atom is 0.231 e. The second-order valence-electron chi connectivity index (χ2n) is 3.85. The van der Waals surface area contributed by atoms with Gasteiger partial charge in [0.2, 0.25) is 5.69 Å². The first-order valence-corrected chi connectivity index (χ1v) is 5.90. The van der Waals surface area contributed by atoms with E-state index in [4.69, 9.17) is 17.4 Å². The fraction of sp³-hybridized carbons (Fsp3) is 0.500. The molecule has 18 heavy (non-hydrogen) atoms. The van der Waals surface area contributed by atoms with E-state index in [0.717, 1.165) is 18.5 Å². The van der Waals surface area contributed by atoms with Crippen molar-refractivity contribution >= 4 is 17.3 Å². The Morgan fingerprint density at radius 2 is 2.22 bits per heavy atom. The molecule has 0 radical (unpaired) electrons. The van der Waals surface area contributed by atoms with E-state index < -0.39 is 0 Å². The van der Waals surface area contributed by atoms with Crippen LogP contribution in [0.3, 0.4) is 0 Å². The molecule has 0 atom stereocenters. The van der Waals surface area contributed by atoms with Gasteiger partial charge in [-0.05, 0) is 31.5 Å². The van der Waals surface area contributed by atoms with Crippen molar-refractivity contribution < 1.29 is 5.11 Å². The number of aryl methyl sites for hydroxylation is 1. The average Bonchev–Trinajstić information content (AvgIpc) is 2.36. The van der Waals surface area contributed by atoms with Crippen LogP contribution in [-0.4, -0.2) is 36.3 Å². The Balaban J connectivity index is 2.88. The molecule has 0 saturated heterocycles. The van der Waals surface area contributed by atoms with Crippen LogP contribution in [0.1, 0.15) is 12.0 Å². The third-order valence-electron chi connectivity index (χ3n) is 2.39. The van der Waals surface area contributed by atoms with Crippen molar-refractivity contribution in [2.75, 3.05) is 36.9 Å². The third-order valence-corrected chi connectivity index (χ3v) is 2.39. The molecule has 1 aromatic rings. The molecule has 6 heteroatoms. The summed E-state index contributed by atoms with van der Waals surface area (Å²) in [7, 11) is 0. The number of hydrogen-bond acceptors (Lipinski definition) is 5. The summed E-state index contributed by atoms with van der Waals surface area (Å²) in [6, 6.07) is 1.84. The van der Waals surface area contributed by atoms with Crippen molar-refractivity contribution in [1.29, 1.82) is 0 Å². The van der Waals surface area contributed by atoms with Crippen LogP contribution in [0.2, 0.25) is 0 Å². The first-order chi connectivity index (χ1) is 8.72. The van der Waals surface area contributed by atoms with Crippen LogP contribution in [0.15, 0.2) is 6.07 Å². The van der Waals surface area contributed by atoms with Crippen molar-refractivity contribution in [2.24, 2.45) is 5.73 Å². The first-order valence-electron chi connectivity index (χ1n) is 5.90. The van der Waals surface area contributed by atoms with Crippen molar-refractivity contribution in [3.8, 4) is 0 Å². The SMILES string of the molecule is [C-]#[N+]c1c(C)cc(NCCCN)nc1NCCO. The molecule has 0 aliphatic carbocycles. The van der Waals surface area contributed by atoms with E-state index in [1.165, 1.54) is 0 Å². The van der Waals surface area contributed by atoms with Crippen LogP contribution < -0.4 is 16.4 Å². The van der Waals surface area contributed by atoms with Gasteiger partial charge in [0.1, 0.15) is 11.6 Å². The Hall–Kier alpha value is -1.84. The number of nitrogens with zero attached hydrogens (tertiary/aromatic N) is 2. The summed E-state index contributed by atoms with van der Waals surface area (Å²) in [4.78, 5) is 7.78. The molecular formula is C12H19N5O. The van der Waals surface area contributed by atoms with E-state index in [1.807, 2.05) is 13.0 Å². The lowest BCUT2D eigenvalue weighted by molar-refractivity contribution is 0.311. The lowest BCUT2D eigenvalue weighted by Crippen LogP contribution is -2.12. The van der Waals surface area contributed by atoms with E-state index in [2.05, 4.69) is 20.5 Å². The molecule has 0 unspecified atom stereocenters. The number of aromatic nitrogens is 1. The predicted octanol–water partition coefficient (Wildman–Crippen LogP) is 1.11. The molecule has 98 valence electrons. The highest BCUT2D eigenvalue weighted by molar-refractivity contribution is 5.72. The van der Waals surface area contributed by atoms with Crippen molar-refractivity contribution in [3.05, 3.63) is 23.0 Å². The molecule has 0 aromatic carbocycles. The Labute approximate surface area is 107 Å². The van der Waals surface area contributed by atoms with Crippen LogP contribution in [0.5, 0.6) is 0 Å². The molecule has 0 aliphatic rings. The number of nitrogens with one attached hydrogen (secondary N) is 2. The van der Waals surface area contributed by atoms with Gasteiger partial charge >= 0.3 is 0 Å². The van der Waals surface area contributed by atoms with Crippen LogP contribution in [-0.2, 0) is 0 Å². The van der Waals surface area contributed by atoms with Crippen LogP contribution in [0.4, 0.5) is 17.3 Å². The highest BCUT2D eigenvalue weighted by Crippen LogP contribution is 2.29. The number of aliphatic hydroxyl groups is 1. The van der Waals surface area contributed by atoms with Gasteiger partial charge in [-0.3, -0.25) is 0 Å². The molecule has 1 heterocycles. The van der Waals surface area contributed by atoms with Gasteiger partial charge in [-0.1, -0.05) is 0 Å². The second kappa shape index (κ2) is 7.48. The summed E-state index contributed by atoms with van der Waals surface area (Å²) >= 11 is 0. The summed E-state index contributed by atoms with van der Waals surface area (Å²) in [6.07, 6.45) is 0.866. The van der Waals surface area contributed by atoms with Crippen molar-refractivity contribution in [1.82, 2.24) is 4.98 Å². The molecule has 6 nitrogen and oxygen atoms in total. The van der Waals surface area contributed by atoms with E-state index in [-0.39, 0.29) is 6.61 Å². The molecule has 0 aliphatic heterocycles. The zero-order valence-electron chi connectivity index (χ0n) is 10.5. The third kappa shape index (κ3) is 3.87. The van der Waals surface area contributed by atoms with Gasteiger partial charge in [0.05, 0.1) is 13.2 Å². The smallest absolute Gasteiger partial charge is 0.231 e. The molecule has 0 amide bonds. The maximum atomic E-state index is 8.81. The van der Waals surface area contributed by atoms with Crippen LogP contribution in [0.25, 0.3) is 4.85 Å². The quantitative estimate of drug-likeness (QED) is 0.429. The van der Waals surface area contributed by atoms with Gasteiger partial charge in [0.25, 0.3) is 0 Å². The minimum absolute atomic E-state index is 0.00297. The zero-order valence-corrected chi connectivity index (χ0v) is 10.5. The highest BCUT2D eigenvalue weighted by atomic mass is 16.3. The summed E-state index contributed by atoms with van der Waals surface area (Å²) in [5.41, 5.74) is 6.77. The molecule has 1 aromatic heterocycles. The molecule has 0 bridgehead atoms. The van der Waals surface area contributed by atoms with E-state index in [0.29, 0.717) is 30.4 Å². The lowest BCUT2D eigenvalue weighted by atomic mass is 10.2. The van der Waals surface area contributed by atoms with Gasteiger partial charge in [-0.2, -0.15) is 0 Å². The molecule has 5 N–H and O–H groups in total. The van der Waals surface area contributed by atoms with Crippen molar-refractivity contribution in [2.45, 2.75) is 13.3 Å². The number of aliphatic hydroxyl groups excluding tert-OH is 1. The zero-order chi connectivity index (χ0) is 13.4. The monoisotopic (exact) mass is 249 g/mol.